The van der Waals surface area contributed by atoms with Crippen molar-refractivity contribution in [3.8, 4) is 11.4 Å². The van der Waals surface area contributed by atoms with Crippen LogP contribution in [0.1, 0.15) is 0 Å². The number of hydrogen-bond donors (Lipinski definition) is 2. The number of piperazine rings is 1. The Bertz CT molecular complexity index is 473. The molecule has 0 atom stereocenters. The molecule has 1 aliphatic heterocycles. The monoisotopic (exact) mass is 229 g/mol. The summed E-state index contributed by atoms with van der Waals surface area (Å²) in [5.74, 6) is 1.01. The maximum absolute atomic E-state index is 4.35. The minimum absolute atomic E-state index is 0.932. The molecular formula is C12H15N5. The van der Waals surface area contributed by atoms with Crippen LogP contribution >= 0.6 is 0 Å². The van der Waals surface area contributed by atoms with Gasteiger partial charge in [0.05, 0.1) is 11.4 Å². The van der Waals surface area contributed by atoms with Crippen molar-refractivity contribution in [2.45, 2.75) is 0 Å². The Balaban J connectivity index is 1.83. The van der Waals surface area contributed by atoms with Crippen molar-refractivity contribution in [1.82, 2.24) is 20.5 Å². The fraction of sp³-hybridized carbons (Fsp3) is 0.333. The maximum atomic E-state index is 4.35. The normalized spacial score (nSPS) is 16.1. The van der Waals surface area contributed by atoms with Crippen molar-refractivity contribution in [2.24, 2.45) is 0 Å². The summed E-state index contributed by atoms with van der Waals surface area (Å²) in [6, 6.07) is 7.94. The third kappa shape index (κ3) is 2.14. The van der Waals surface area contributed by atoms with Crippen molar-refractivity contribution >= 4 is 5.82 Å². The molecule has 1 aliphatic rings. The number of pyridine rings is 1. The number of hydrogen-bond acceptors (Lipinski definition) is 4. The lowest BCUT2D eigenvalue weighted by Gasteiger charge is -2.26. The van der Waals surface area contributed by atoms with Crippen LogP contribution in [0.15, 0.2) is 30.5 Å². The number of aromatic nitrogens is 3. The minimum atomic E-state index is 0.932. The van der Waals surface area contributed by atoms with Crippen LogP contribution in [0.4, 0.5) is 5.82 Å². The number of aromatic amines is 1. The van der Waals surface area contributed by atoms with E-state index in [0.717, 1.165) is 43.4 Å². The van der Waals surface area contributed by atoms with Gasteiger partial charge in [-0.15, -0.1) is 0 Å². The predicted octanol–water partition coefficient (Wildman–Crippen LogP) is 0.881. The van der Waals surface area contributed by atoms with Gasteiger partial charge in [0, 0.05) is 38.4 Å². The largest absolute Gasteiger partial charge is 0.353 e. The van der Waals surface area contributed by atoms with Crippen LogP contribution in [-0.4, -0.2) is 41.4 Å². The number of anilines is 1. The molecule has 2 aromatic heterocycles. The Morgan fingerprint density at radius 1 is 1.18 bits per heavy atom. The molecule has 0 saturated carbocycles. The Morgan fingerprint density at radius 3 is 2.82 bits per heavy atom. The molecule has 5 nitrogen and oxygen atoms in total. The SMILES string of the molecule is c1ccc(-c2cc(N3CCNCC3)n[nH]2)nc1. The minimum Gasteiger partial charge on any atom is -0.353 e. The molecule has 1 fully saturated rings. The van der Waals surface area contributed by atoms with Gasteiger partial charge in [-0.2, -0.15) is 5.10 Å². The molecule has 0 bridgehead atoms. The van der Waals surface area contributed by atoms with Crippen LogP contribution < -0.4 is 10.2 Å². The fourth-order valence-corrected chi connectivity index (χ4v) is 2.02. The number of H-pyrrole nitrogens is 1. The van der Waals surface area contributed by atoms with E-state index in [9.17, 15) is 0 Å². The Labute approximate surface area is 99.9 Å². The van der Waals surface area contributed by atoms with Gasteiger partial charge >= 0.3 is 0 Å². The molecule has 0 aliphatic carbocycles. The fourth-order valence-electron chi connectivity index (χ4n) is 2.02. The smallest absolute Gasteiger partial charge is 0.151 e. The average Bonchev–Trinajstić information content (AvgIpc) is 2.90. The number of nitrogens with zero attached hydrogens (tertiary/aromatic N) is 3. The zero-order valence-electron chi connectivity index (χ0n) is 9.56. The van der Waals surface area contributed by atoms with Gasteiger partial charge in [-0.05, 0) is 12.1 Å². The third-order valence-corrected chi connectivity index (χ3v) is 2.95. The zero-order valence-corrected chi connectivity index (χ0v) is 9.56. The van der Waals surface area contributed by atoms with E-state index >= 15 is 0 Å². The summed E-state index contributed by atoms with van der Waals surface area (Å²) in [6.07, 6.45) is 1.79. The lowest BCUT2D eigenvalue weighted by molar-refractivity contribution is 0.584. The predicted molar refractivity (Wildman–Crippen MR) is 66.9 cm³/mol. The molecule has 5 heteroatoms. The molecule has 2 N–H and O–H groups in total. The highest BCUT2D eigenvalue weighted by Crippen LogP contribution is 2.19. The van der Waals surface area contributed by atoms with Crippen molar-refractivity contribution in [2.75, 3.05) is 31.1 Å². The Kier molecular flexibility index (Phi) is 2.75. The highest BCUT2D eigenvalue weighted by atomic mass is 15.3. The summed E-state index contributed by atoms with van der Waals surface area (Å²) in [5, 5.41) is 10.7. The molecule has 3 heterocycles. The van der Waals surface area contributed by atoms with Gasteiger partial charge in [-0.25, -0.2) is 0 Å². The maximum Gasteiger partial charge on any atom is 0.151 e. The van der Waals surface area contributed by atoms with Gasteiger partial charge in [-0.1, -0.05) is 6.07 Å². The summed E-state index contributed by atoms with van der Waals surface area (Å²) >= 11 is 0. The second kappa shape index (κ2) is 4.55. The molecule has 3 rings (SSSR count). The molecule has 0 radical (unpaired) electrons. The second-order valence-electron chi connectivity index (χ2n) is 4.09. The average molecular weight is 229 g/mol. The van der Waals surface area contributed by atoms with Crippen molar-refractivity contribution in [3.63, 3.8) is 0 Å². The number of nitrogens with one attached hydrogen (secondary N) is 2. The third-order valence-electron chi connectivity index (χ3n) is 2.95. The van der Waals surface area contributed by atoms with Crippen molar-refractivity contribution < 1.29 is 0 Å². The lowest BCUT2D eigenvalue weighted by atomic mass is 10.2. The standard InChI is InChI=1S/C12H15N5/c1-2-4-14-10(3-1)11-9-12(16-15-11)17-7-5-13-6-8-17/h1-4,9,13H,5-8H2,(H,15,16). The van der Waals surface area contributed by atoms with Crippen LogP contribution in [0.25, 0.3) is 11.4 Å². The van der Waals surface area contributed by atoms with Gasteiger partial charge < -0.3 is 10.2 Å². The summed E-state index contributed by atoms with van der Waals surface area (Å²) in [6.45, 7) is 4.05. The molecule has 88 valence electrons. The van der Waals surface area contributed by atoms with Gasteiger partial charge in [-0.3, -0.25) is 10.1 Å². The van der Waals surface area contributed by atoms with Gasteiger partial charge in [0.2, 0.25) is 0 Å². The first-order valence-electron chi connectivity index (χ1n) is 5.86. The van der Waals surface area contributed by atoms with Gasteiger partial charge in [0.1, 0.15) is 0 Å². The first-order chi connectivity index (χ1) is 8.43. The Morgan fingerprint density at radius 2 is 2.06 bits per heavy atom. The van der Waals surface area contributed by atoms with E-state index in [0.29, 0.717) is 0 Å². The molecular weight excluding hydrogens is 214 g/mol. The van der Waals surface area contributed by atoms with E-state index in [-0.39, 0.29) is 0 Å². The van der Waals surface area contributed by atoms with Crippen LogP contribution in [0.2, 0.25) is 0 Å². The van der Waals surface area contributed by atoms with Gasteiger partial charge in [0.25, 0.3) is 0 Å². The quantitative estimate of drug-likeness (QED) is 0.802. The van der Waals surface area contributed by atoms with E-state index in [2.05, 4.69) is 31.5 Å². The van der Waals surface area contributed by atoms with E-state index in [1.165, 1.54) is 0 Å². The zero-order chi connectivity index (χ0) is 11.5. The molecule has 0 aromatic carbocycles. The summed E-state index contributed by atoms with van der Waals surface area (Å²) in [4.78, 5) is 6.58. The van der Waals surface area contributed by atoms with E-state index in [4.69, 9.17) is 0 Å². The summed E-state index contributed by atoms with van der Waals surface area (Å²) < 4.78 is 0. The van der Waals surface area contributed by atoms with Crippen LogP contribution in [0.5, 0.6) is 0 Å². The first-order valence-corrected chi connectivity index (χ1v) is 5.86. The lowest BCUT2D eigenvalue weighted by Crippen LogP contribution is -2.43. The van der Waals surface area contributed by atoms with E-state index < -0.39 is 0 Å². The highest BCUT2D eigenvalue weighted by molar-refractivity contribution is 5.59. The van der Waals surface area contributed by atoms with Crippen LogP contribution in [0.3, 0.4) is 0 Å². The first kappa shape index (κ1) is 10.3. The molecule has 1 saturated heterocycles. The van der Waals surface area contributed by atoms with Crippen LogP contribution in [-0.2, 0) is 0 Å². The Hall–Kier alpha value is -1.88. The molecule has 0 unspecified atom stereocenters. The molecule has 0 amide bonds. The van der Waals surface area contributed by atoms with Crippen LogP contribution in [0, 0.1) is 0 Å². The molecule has 2 aromatic rings. The molecule has 0 spiro atoms. The van der Waals surface area contributed by atoms with Crippen molar-refractivity contribution in [1.29, 1.82) is 0 Å². The topological polar surface area (TPSA) is 56.8 Å². The van der Waals surface area contributed by atoms with E-state index in [1.807, 2.05) is 18.2 Å². The highest BCUT2D eigenvalue weighted by Gasteiger charge is 2.13. The molecule has 17 heavy (non-hydrogen) atoms. The van der Waals surface area contributed by atoms with E-state index in [1.54, 1.807) is 6.20 Å². The number of rotatable bonds is 2. The van der Waals surface area contributed by atoms with Gasteiger partial charge in [0.15, 0.2) is 5.82 Å². The second-order valence-corrected chi connectivity index (χ2v) is 4.09. The van der Waals surface area contributed by atoms with Crippen molar-refractivity contribution in [3.05, 3.63) is 30.5 Å². The summed E-state index contributed by atoms with van der Waals surface area (Å²) in [7, 11) is 0. The summed E-state index contributed by atoms with van der Waals surface area (Å²) in [5.41, 5.74) is 1.90.